The highest BCUT2D eigenvalue weighted by Crippen LogP contribution is 2.28. The van der Waals surface area contributed by atoms with Crippen LogP contribution in [0, 0.1) is 11.8 Å². The minimum absolute atomic E-state index is 0.110. The van der Waals surface area contributed by atoms with Gasteiger partial charge < -0.3 is 11.1 Å². The molecule has 4 aromatic heterocycles. The number of benzene rings is 2. The lowest BCUT2D eigenvalue weighted by molar-refractivity contribution is 0.0940. The van der Waals surface area contributed by atoms with Crippen LogP contribution in [0.2, 0.25) is 0 Å². The first-order valence-corrected chi connectivity index (χ1v) is 12.0. The summed E-state index contributed by atoms with van der Waals surface area (Å²) in [5.41, 5.74) is 10.9. The molecule has 0 aliphatic rings. The van der Waals surface area contributed by atoms with Gasteiger partial charge in [-0.05, 0) is 49.4 Å². The summed E-state index contributed by atoms with van der Waals surface area (Å²) in [6, 6.07) is 20.7. The highest BCUT2D eigenvalue weighted by Gasteiger charge is 2.25. The summed E-state index contributed by atoms with van der Waals surface area (Å²) in [6.07, 6.45) is 6.73. The number of aromatic nitrogens is 6. The Hall–Kier alpha value is -5.49. The normalized spacial score (nSPS) is 11.7. The number of amides is 1. The summed E-state index contributed by atoms with van der Waals surface area (Å²) < 4.78 is 3.52. The largest absolute Gasteiger partial charge is 0.381 e. The van der Waals surface area contributed by atoms with Crippen LogP contribution in [-0.4, -0.2) is 35.0 Å². The molecule has 0 saturated heterocycles. The third kappa shape index (κ3) is 4.10. The van der Waals surface area contributed by atoms with E-state index in [1.807, 2.05) is 72.2 Å². The molecular formula is C29H22N8O. The SMILES string of the molecule is C[C@@H](NC(=O)c1c(N)nn2cccnc12)c1nc2cccc(C#Cc3ccncc3)c2n1-c1ccccc1. The Bertz CT molecular complexity index is 1850. The summed E-state index contributed by atoms with van der Waals surface area (Å²) in [5.74, 6) is 6.89. The van der Waals surface area contributed by atoms with Crippen molar-refractivity contribution in [2.75, 3.05) is 5.73 Å². The smallest absolute Gasteiger partial charge is 0.259 e. The second-order valence-electron chi connectivity index (χ2n) is 8.64. The number of carbonyl (C=O) groups is 1. The molecule has 2 aromatic carbocycles. The van der Waals surface area contributed by atoms with E-state index < -0.39 is 6.04 Å². The first-order chi connectivity index (χ1) is 18.6. The van der Waals surface area contributed by atoms with Gasteiger partial charge in [0.15, 0.2) is 11.5 Å². The Morgan fingerprint density at radius 3 is 2.61 bits per heavy atom. The zero-order valence-electron chi connectivity index (χ0n) is 20.4. The third-order valence-corrected chi connectivity index (χ3v) is 6.12. The van der Waals surface area contributed by atoms with E-state index in [9.17, 15) is 4.79 Å². The number of hydrogen-bond acceptors (Lipinski definition) is 6. The number of nitrogens with two attached hydrogens (primary N) is 1. The Morgan fingerprint density at radius 1 is 0.974 bits per heavy atom. The van der Waals surface area contributed by atoms with Crippen LogP contribution in [0.1, 0.15) is 40.3 Å². The molecule has 6 rings (SSSR count). The van der Waals surface area contributed by atoms with E-state index in [1.54, 1.807) is 30.9 Å². The number of hydrogen-bond donors (Lipinski definition) is 2. The maximum atomic E-state index is 13.4. The highest BCUT2D eigenvalue weighted by atomic mass is 16.1. The van der Waals surface area contributed by atoms with Gasteiger partial charge in [0.05, 0.1) is 22.6 Å². The van der Waals surface area contributed by atoms with Crippen molar-refractivity contribution in [2.24, 2.45) is 0 Å². The van der Waals surface area contributed by atoms with Crippen LogP contribution in [0.4, 0.5) is 5.82 Å². The van der Waals surface area contributed by atoms with Crippen LogP contribution in [0.5, 0.6) is 0 Å². The second kappa shape index (κ2) is 9.52. The van der Waals surface area contributed by atoms with Gasteiger partial charge in [0, 0.05) is 36.0 Å². The lowest BCUT2D eigenvalue weighted by atomic mass is 10.1. The predicted octanol–water partition coefficient (Wildman–Crippen LogP) is 3.94. The molecule has 1 atom stereocenters. The van der Waals surface area contributed by atoms with Crippen molar-refractivity contribution in [3.05, 3.63) is 114 Å². The Kier molecular flexibility index (Phi) is 5.75. The van der Waals surface area contributed by atoms with Crippen LogP contribution < -0.4 is 11.1 Å². The molecule has 38 heavy (non-hydrogen) atoms. The average molecular weight is 499 g/mol. The minimum Gasteiger partial charge on any atom is -0.381 e. The number of carbonyl (C=O) groups excluding carboxylic acids is 1. The number of rotatable bonds is 4. The molecule has 9 nitrogen and oxygen atoms in total. The average Bonchev–Trinajstić information content (AvgIpc) is 3.50. The molecule has 9 heteroatoms. The molecule has 0 fully saturated rings. The molecule has 0 unspecified atom stereocenters. The molecule has 0 saturated carbocycles. The number of anilines is 1. The van der Waals surface area contributed by atoms with Gasteiger partial charge in [-0.2, -0.15) is 0 Å². The summed E-state index contributed by atoms with van der Waals surface area (Å²) in [7, 11) is 0. The molecule has 0 aliphatic carbocycles. The van der Waals surface area contributed by atoms with Gasteiger partial charge in [-0.1, -0.05) is 36.1 Å². The molecule has 1 amide bonds. The van der Waals surface area contributed by atoms with Crippen LogP contribution in [-0.2, 0) is 0 Å². The van der Waals surface area contributed by atoms with E-state index in [2.05, 4.69) is 32.2 Å². The molecule has 0 bridgehead atoms. The minimum atomic E-state index is -0.478. The molecule has 0 radical (unpaired) electrons. The number of nitrogen functional groups attached to an aromatic ring is 1. The summed E-state index contributed by atoms with van der Waals surface area (Å²) in [4.78, 5) is 26.6. The standard InChI is InChI=1S/C29H22N8O/c1-19(33-29(38)24-26(30)35-36-18-6-15-32-28(24)36)27-34-23-10-5-7-21(12-11-20-13-16-31-17-14-20)25(23)37(27)22-8-3-2-4-9-22/h2-10,13-19H,1H3,(H2,30,35)(H,33,38)/t19-/m1/s1. The number of para-hydroxylation sites is 2. The fourth-order valence-corrected chi connectivity index (χ4v) is 4.40. The van der Waals surface area contributed by atoms with E-state index in [0.717, 1.165) is 27.8 Å². The quantitative estimate of drug-likeness (QED) is 0.356. The second-order valence-corrected chi connectivity index (χ2v) is 8.64. The zero-order valence-corrected chi connectivity index (χ0v) is 20.4. The first-order valence-electron chi connectivity index (χ1n) is 12.0. The highest BCUT2D eigenvalue weighted by molar-refractivity contribution is 6.04. The molecular weight excluding hydrogens is 476 g/mol. The fourth-order valence-electron chi connectivity index (χ4n) is 4.40. The molecule has 0 aliphatic heterocycles. The van der Waals surface area contributed by atoms with E-state index in [-0.39, 0.29) is 17.3 Å². The number of imidazole rings is 1. The van der Waals surface area contributed by atoms with Crippen molar-refractivity contribution in [3.8, 4) is 17.5 Å². The number of nitrogens with one attached hydrogen (secondary N) is 1. The Balaban J connectivity index is 1.45. The molecule has 4 heterocycles. The van der Waals surface area contributed by atoms with Crippen molar-refractivity contribution < 1.29 is 4.79 Å². The summed E-state index contributed by atoms with van der Waals surface area (Å²) in [6.45, 7) is 1.89. The molecule has 184 valence electrons. The fraction of sp³-hybridized carbons (Fsp3) is 0.0690. The van der Waals surface area contributed by atoms with Crippen molar-refractivity contribution in [1.82, 2.24) is 34.4 Å². The van der Waals surface area contributed by atoms with Gasteiger partial charge in [0.2, 0.25) is 0 Å². The monoisotopic (exact) mass is 498 g/mol. The number of nitrogens with zero attached hydrogens (tertiary/aromatic N) is 6. The zero-order chi connectivity index (χ0) is 26.1. The van der Waals surface area contributed by atoms with Crippen LogP contribution >= 0.6 is 0 Å². The van der Waals surface area contributed by atoms with Gasteiger partial charge >= 0.3 is 0 Å². The van der Waals surface area contributed by atoms with Crippen molar-refractivity contribution in [3.63, 3.8) is 0 Å². The maximum Gasteiger partial charge on any atom is 0.259 e. The van der Waals surface area contributed by atoms with E-state index >= 15 is 0 Å². The topological polar surface area (TPSA) is 116 Å². The van der Waals surface area contributed by atoms with Crippen molar-refractivity contribution >= 4 is 28.4 Å². The molecule has 6 aromatic rings. The summed E-state index contributed by atoms with van der Waals surface area (Å²) >= 11 is 0. The van der Waals surface area contributed by atoms with E-state index in [0.29, 0.717) is 11.5 Å². The molecule has 0 spiro atoms. The van der Waals surface area contributed by atoms with Gasteiger partial charge in [-0.15, -0.1) is 5.10 Å². The van der Waals surface area contributed by atoms with Gasteiger partial charge in [0.1, 0.15) is 11.4 Å². The van der Waals surface area contributed by atoms with Gasteiger partial charge in [-0.3, -0.25) is 14.3 Å². The summed E-state index contributed by atoms with van der Waals surface area (Å²) in [5, 5.41) is 7.24. The number of pyridine rings is 1. The van der Waals surface area contributed by atoms with Crippen molar-refractivity contribution in [1.29, 1.82) is 0 Å². The van der Waals surface area contributed by atoms with Crippen LogP contribution in [0.3, 0.4) is 0 Å². The van der Waals surface area contributed by atoms with E-state index in [1.165, 1.54) is 4.52 Å². The Labute approximate surface area is 218 Å². The lowest BCUT2D eigenvalue weighted by Crippen LogP contribution is -2.29. The van der Waals surface area contributed by atoms with Crippen molar-refractivity contribution in [2.45, 2.75) is 13.0 Å². The van der Waals surface area contributed by atoms with Gasteiger partial charge in [-0.25, -0.2) is 14.5 Å². The van der Waals surface area contributed by atoms with Gasteiger partial charge in [0.25, 0.3) is 5.91 Å². The third-order valence-electron chi connectivity index (χ3n) is 6.12. The predicted molar refractivity (Wildman–Crippen MR) is 145 cm³/mol. The van der Waals surface area contributed by atoms with E-state index in [4.69, 9.17) is 10.7 Å². The number of fused-ring (bicyclic) bond motifs is 2. The Morgan fingerprint density at radius 2 is 1.79 bits per heavy atom. The van der Waals surface area contributed by atoms with Crippen LogP contribution in [0.15, 0.2) is 91.5 Å². The van der Waals surface area contributed by atoms with Crippen LogP contribution in [0.25, 0.3) is 22.4 Å². The molecule has 3 N–H and O–H groups in total. The maximum absolute atomic E-state index is 13.4. The first kappa shape index (κ1) is 22.9. The lowest BCUT2D eigenvalue weighted by Gasteiger charge is -2.16.